The van der Waals surface area contributed by atoms with E-state index in [1.807, 2.05) is 11.8 Å². The molecule has 2 nitrogen and oxygen atoms in total. The molecule has 0 spiro atoms. The number of hydrogen-bond donors (Lipinski definition) is 1. The number of hydrogen-bond acceptors (Lipinski definition) is 3. The lowest BCUT2D eigenvalue weighted by atomic mass is 9.64. The van der Waals surface area contributed by atoms with E-state index < -0.39 is 0 Å². The first-order valence-corrected chi connectivity index (χ1v) is 7.07. The zero-order valence-electron chi connectivity index (χ0n) is 10.9. The quantitative estimate of drug-likeness (QED) is 0.752. The van der Waals surface area contributed by atoms with Crippen LogP contribution >= 0.6 is 11.8 Å². The van der Waals surface area contributed by atoms with Gasteiger partial charge in [0, 0.05) is 17.3 Å². The summed E-state index contributed by atoms with van der Waals surface area (Å²) in [6, 6.07) is 0.609. The van der Waals surface area contributed by atoms with Crippen LogP contribution in [0.2, 0.25) is 0 Å². The summed E-state index contributed by atoms with van der Waals surface area (Å²) < 4.78 is 6.05. The van der Waals surface area contributed by atoms with Gasteiger partial charge in [0.15, 0.2) is 0 Å². The van der Waals surface area contributed by atoms with Gasteiger partial charge in [0.05, 0.1) is 11.7 Å². The lowest BCUT2D eigenvalue weighted by Crippen LogP contribution is -2.62. The van der Waals surface area contributed by atoms with Crippen LogP contribution in [0.5, 0.6) is 0 Å². The van der Waals surface area contributed by atoms with E-state index in [0.717, 1.165) is 12.3 Å². The third-order valence-electron chi connectivity index (χ3n) is 3.15. The molecule has 0 aliphatic heterocycles. The van der Waals surface area contributed by atoms with Crippen molar-refractivity contribution < 1.29 is 4.74 Å². The van der Waals surface area contributed by atoms with Crippen molar-refractivity contribution in [2.24, 2.45) is 5.41 Å². The van der Waals surface area contributed by atoms with E-state index in [-0.39, 0.29) is 11.0 Å². The molecule has 1 saturated carbocycles. The molecule has 1 aliphatic carbocycles. The second-order valence-corrected chi connectivity index (χ2v) is 6.83. The third-order valence-corrected chi connectivity index (χ3v) is 3.60. The fourth-order valence-corrected chi connectivity index (χ4v) is 2.41. The molecule has 1 N–H and O–H groups in total. The highest BCUT2D eigenvalue weighted by atomic mass is 32.2. The molecule has 0 bridgehead atoms. The molecule has 0 aromatic rings. The van der Waals surface area contributed by atoms with Gasteiger partial charge in [-0.05, 0) is 33.4 Å². The number of nitrogens with one attached hydrogen (secondary N) is 1. The summed E-state index contributed by atoms with van der Waals surface area (Å²) in [5.74, 6) is 1.04. The summed E-state index contributed by atoms with van der Waals surface area (Å²) in [5, 5.41) is 3.56. The van der Waals surface area contributed by atoms with Crippen LogP contribution in [0.1, 0.15) is 41.0 Å². The van der Waals surface area contributed by atoms with Gasteiger partial charge in [-0.1, -0.05) is 13.8 Å². The van der Waals surface area contributed by atoms with Crippen molar-refractivity contribution in [1.82, 2.24) is 5.32 Å². The minimum absolute atomic E-state index is 0.0214. The van der Waals surface area contributed by atoms with Crippen LogP contribution in [0, 0.1) is 5.41 Å². The SMILES string of the molecule is CSCN[C@H]1C[C@@H](OC(C)(C)C)C1(C)C. The second kappa shape index (κ2) is 4.64. The van der Waals surface area contributed by atoms with Gasteiger partial charge in [-0.2, -0.15) is 0 Å². The molecule has 0 unspecified atom stereocenters. The maximum Gasteiger partial charge on any atom is 0.0663 e. The Balaban J connectivity index is 2.41. The molecule has 90 valence electrons. The van der Waals surface area contributed by atoms with Gasteiger partial charge in [0.1, 0.15) is 0 Å². The Morgan fingerprint density at radius 1 is 1.40 bits per heavy atom. The fourth-order valence-electron chi connectivity index (χ4n) is 2.04. The molecule has 0 aromatic carbocycles. The molecule has 1 aliphatic rings. The highest BCUT2D eigenvalue weighted by Gasteiger charge is 2.49. The van der Waals surface area contributed by atoms with E-state index in [9.17, 15) is 0 Å². The van der Waals surface area contributed by atoms with Crippen LogP contribution in [0.25, 0.3) is 0 Å². The van der Waals surface area contributed by atoms with E-state index in [1.54, 1.807) is 0 Å². The smallest absolute Gasteiger partial charge is 0.0663 e. The van der Waals surface area contributed by atoms with E-state index in [0.29, 0.717) is 12.1 Å². The summed E-state index contributed by atoms with van der Waals surface area (Å²) in [7, 11) is 0. The molecule has 0 heterocycles. The van der Waals surface area contributed by atoms with Crippen LogP contribution in [-0.2, 0) is 4.74 Å². The first kappa shape index (κ1) is 13.3. The molecule has 3 heteroatoms. The van der Waals surface area contributed by atoms with Crippen molar-refractivity contribution in [3.05, 3.63) is 0 Å². The molecule has 2 atom stereocenters. The Labute approximate surface area is 98.5 Å². The standard InChI is InChI=1S/C12H25NOS/c1-11(2,3)14-10-7-9(12(10,4)5)13-8-15-6/h9-10,13H,7-8H2,1-6H3/t9-,10+/m0/s1. The molecule has 0 saturated heterocycles. The average Bonchev–Trinajstić information content (AvgIpc) is 2.08. The average molecular weight is 231 g/mol. The fraction of sp³-hybridized carbons (Fsp3) is 1.00. The molecule has 0 amide bonds. The first-order valence-electron chi connectivity index (χ1n) is 5.67. The van der Waals surface area contributed by atoms with Crippen LogP contribution < -0.4 is 5.32 Å². The predicted molar refractivity (Wildman–Crippen MR) is 68.3 cm³/mol. The summed E-state index contributed by atoms with van der Waals surface area (Å²) >= 11 is 1.84. The van der Waals surface area contributed by atoms with Gasteiger partial charge in [-0.3, -0.25) is 0 Å². The van der Waals surface area contributed by atoms with Crippen LogP contribution in [-0.4, -0.2) is 29.9 Å². The largest absolute Gasteiger partial charge is 0.372 e. The van der Waals surface area contributed by atoms with Gasteiger partial charge < -0.3 is 10.1 Å². The van der Waals surface area contributed by atoms with E-state index in [4.69, 9.17) is 4.74 Å². The van der Waals surface area contributed by atoms with Crippen molar-refractivity contribution in [2.45, 2.75) is 58.8 Å². The summed E-state index contributed by atoms with van der Waals surface area (Å²) in [4.78, 5) is 0. The number of thioether (sulfide) groups is 1. The summed E-state index contributed by atoms with van der Waals surface area (Å²) in [6.07, 6.45) is 3.67. The Morgan fingerprint density at radius 2 is 2.00 bits per heavy atom. The zero-order valence-corrected chi connectivity index (χ0v) is 11.7. The lowest BCUT2D eigenvalue weighted by Gasteiger charge is -2.53. The molecular formula is C12H25NOS. The molecular weight excluding hydrogens is 206 g/mol. The Bertz CT molecular complexity index is 210. The molecule has 0 aromatic heterocycles. The van der Waals surface area contributed by atoms with E-state index in [1.165, 1.54) is 0 Å². The van der Waals surface area contributed by atoms with Crippen LogP contribution in [0.15, 0.2) is 0 Å². The zero-order chi connectivity index (χ0) is 11.7. The van der Waals surface area contributed by atoms with Crippen molar-refractivity contribution in [3.8, 4) is 0 Å². The highest BCUT2D eigenvalue weighted by molar-refractivity contribution is 7.98. The Morgan fingerprint density at radius 3 is 2.40 bits per heavy atom. The van der Waals surface area contributed by atoms with Gasteiger partial charge in [0.25, 0.3) is 0 Å². The predicted octanol–water partition coefficient (Wildman–Crippen LogP) is 2.88. The number of rotatable bonds is 4. The number of ether oxygens (including phenoxy) is 1. The maximum absolute atomic E-state index is 6.05. The van der Waals surface area contributed by atoms with E-state index in [2.05, 4.69) is 46.2 Å². The van der Waals surface area contributed by atoms with Gasteiger partial charge in [-0.15, -0.1) is 11.8 Å². The van der Waals surface area contributed by atoms with Crippen molar-refractivity contribution in [2.75, 3.05) is 12.1 Å². The molecule has 15 heavy (non-hydrogen) atoms. The van der Waals surface area contributed by atoms with E-state index >= 15 is 0 Å². The van der Waals surface area contributed by atoms with Gasteiger partial charge >= 0.3 is 0 Å². The topological polar surface area (TPSA) is 21.3 Å². The maximum atomic E-state index is 6.05. The monoisotopic (exact) mass is 231 g/mol. The highest BCUT2D eigenvalue weighted by Crippen LogP contribution is 2.44. The lowest BCUT2D eigenvalue weighted by molar-refractivity contribution is -0.172. The summed E-state index contributed by atoms with van der Waals surface area (Å²) in [6.45, 7) is 11.0. The molecule has 1 fully saturated rings. The Hall–Kier alpha value is 0.270. The minimum atomic E-state index is -0.0214. The van der Waals surface area contributed by atoms with Gasteiger partial charge in [0.2, 0.25) is 0 Å². The second-order valence-electron chi connectivity index (χ2n) is 5.97. The van der Waals surface area contributed by atoms with Crippen molar-refractivity contribution in [1.29, 1.82) is 0 Å². The van der Waals surface area contributed by atoms with Crippen LogP contribution in [0.4, 0.5) is 0 Å². The van der Waals surface area contributed by atoms with Crippen molar-refractivity contribution >= 4 is 11.8 Å². The summed E-state index contributed by atoms with van der Waals surface area (Å²) in [5.41, 5.74) is 0.245. The molecule has 1 rings (SSSR count). The van der Waals surface area contributed by atoms with Gasteiger partial charge in [-0.25, -0.2) is 0 Å². The Kier molecular flexibility index (Phi) is 4.13. The van der Waals surface area contributed by atoms with Crippen LogP contribution in [0.3, 0.4) is 0 Å². The molecule has 0 radical (unpaired) electrons. The minimum Gasteiger partial charge on any atom is -0.372 e. The third kappa shape index (κ3) is 3.36. The normalized spacial score (nSPS) is 30.0. The van der Waals surface area contributed by atoms with Crippen molar-refractivity contribution in [3.63, 3.8) is 0 Å². The first-order chi connectivity index (χ1) is 6.77.